The molecule has 3 amide bonds. The molecule has 2 heterocycles. The maximum atomic E-state index is 13.8. The fourth-order valence-corrected chi connectivity index (χ4v) is 5.30. The van der Waals surface area contributed by atoms with E-state index in [1.54, 1.807) is 52.9 Å². The highest BCUT2D eigenvalue weighted by molar-refractivity contribution is 8.18. The smallest absolute Gasteiger partial charge is 0.293 e. The normalized spacial score (nSPS) is 14.8. The SMILES string of the molecule is O=C(NCCN1C(=O)S/C(=C\c2ccccc2F)C1=O)c1ccc(SCc2cscn2)cc1. The van der Waals surface area contributed by atoms with E-state index in [1.807, 2.05) is 17.5 Å². The first-order valence-electron chi connectivity index (χ1n) is 9.89. The van der Waals surface area contributed by atoms with Crippen molar-refractivity contribution in [2.24, 2.45) is 0 Å². The number of rotatable bonds is 8. The van der Waals surface area contributed by atoms with Crippen molar-refractivity contribution in [1.82, 2.24) is 15.2 Å². The lowest BCUT2D eigenvalue weighted by molar-refractivity contribution is -0.122. The summed E-state index contributed by atoms with van der Waals surface area (Å²) < 4.78 is 13.8. The second-order valence-electron chi connectivity index (χ2n) is 6.90. The topological polar surface area (TPSA) is 79.4 Å². The van der Waals surface area contributed by atoms with Crippen molar-refractivity contribution in [1.29, 1.82) is 0 Å². The second kappa shape index (κ2) is 10.8. The van der Waals surface area contributed by atoms with Crippen molar-refractivity contribution < 1.29 is 18.8 Å². The van der Waals surface area contributed by atoms with Crippen LogP contribution in [0, 0.1) is 5.82 Å². The number of nitrogens with zero attached hydrogens (tertiary/aromatic N) is 2. The minimum Gasteiger partial charge on any atom is -0.350 e. The average Bonchev–Trinajstić information content (AvgIpc) is 3.43. The quantitative estimate of drug-likeness (QED) is 0.346. The first-order chi connectivity index (χ1) is 16.0. The zero-order valence-corrected chi connectivity index (χ0v) is 19.6. The van der Waals surface area contributed by atoms with Crippen molar-refractivity contribution in [3.05, 3.63) is 87.0 Å². The van der Waals surface area contributed by atoms with Crippen molar-refractivity contribution >= 4 is 58.0 Å². The van der Waals surface area contributed by atoms with Gasteiger partial charge in [-0.25, -0.2) is 9.37 Å². The number of thioether (sulfide) groups is 2. The third kappa shape index (κ3) is 5.89. The van der Waals surface area contributed by atoms with Crippen LogP contribution in [-0.4, -0.2) is 40.0 Å². The van der Waals surface area contributed by atoms with Gasteiger partial charge in [-0.1, -0.05) is 18.2 Å². The van der Waals surface area contributed by atoms with E-state index in [9.17, 15) is 18.8 Å². The Labute approximate surface area is 202 Å². The summed E-state index contributed by atoms with van der Waals surface area (Å²) in [6.07, 6.45) is 1.37. The Morgan fingerprint density at radius 2 is 1.94 bits per heavy atom. The number of hydrogen-bond donors (Lipinski definition) is 1. The lowest BCUT2D eigenvalue weighted by Crippen LogP contribution is -2.37. The lowest BCUT2D eigenvalue weighted by atomic mass is 10.2. The van der Waals surface area contributed by atoms with E-state index < -0.39 is 17.0 Å². The Morgan fingerprint density at radius 1 is 1.15 bits per heavy atom. The molecule has 0 radical (unpaired) electrons. The summed E-state index contributed by atoms with van der Waals surface area (Å²) in [5, 5.41) is 4.28. The Morgan fingerprint density at radius 3 is 2.67 bits per heavy atom. The van der Waals surface area contributed by atoms with Gasteiger partial charge in [-0.15, -0.1) is 23.1 Å². The Balaban J connectivity index is 1.28. The molecule has 10 heteroatoms. The number of imide groups is 1. The summed E-state index contributed by atoms with van der Waals surface area (Å²) in [5.41, 5.74) is 3.54. The highest BCUT2D eigenvalue weighted by Crippen LogP contribution is 2.32. The van der Waals surface area contributed by atoms with E-state index in [1.165, 1.54) is 18.2 Å². The molecule has 168 valence electrons. The maximum absolute atomic E-state index is 13.8. The van der Waals surface area contributed by atoms with Crippen LogP contribution in [0.5, 0.6) is 0 Å². The summed E-state index contributed by atoms with van der Waals surface area (Å²) in [4.78, 5) is 43.6. The van der Waals surface area contributed by atoms with E-state index in [4.69, 9.17) is 0 Å². The molecule has 3 aromatic rings. The van der Waals surface area contributed by atoms with E-state index in [0.717, 1.165) is 33.0 Å². The number of hydrogen-bond acceptors (Lipinski definition) is 7. The molecule has 0 saturated carbocycles. The first-order valence-corrected chi connectivity index (χ1v) is 12.6. The van der Waals surface area contributed by atoms with Gasteiger partial charge in [0.1, 0.15) is 5.82 Å². The molecule has 0 spiro atoms. The minimum absolute atomic E-state index is 0.0343. The molecule has 0 bridgehead atoms. The summed E-state index contributed by atoms with van der Waals surface area (Å²) in [5.74, 6) is -0.494. The second-order valence-corrected chi connectivity index (χ2v) is 9.66. The van der Waals surface area contributed by atoms with Crippen molar-refractivity contribution in [2.75, 3.05) is 13.1 Å². The van der Waals surface area contributed by atoms with Gasteiger partial charge < -0.3 is 5.32 Å². The minimum atomic E-state index is -0.496. The molecule has 0 atom stereocenters. The predicted octanol–water partition coefficient (Wildman–Crippen LogP) is 5.04. The molecule has 4 rings (SSSR count). The van der Waals surface area contributed by atoms with Gasteiger partial charge in [0.15, 0.2) is 0 Å². The van der Waals surface area contributed by atoms with Gasteiger partial charge in [0, 0.05) is 40.2 Å². The van der Waals surface area contributed by atoms with E-state index >= 15 is 0 Å². The van der Waals surface area contributed by atoms with Crippen LogP contribution in [0.4, 0.5) is 9.18 Å². The molecule has 6 nitrogen and oxygen atoms in total. The van der Waals surface area contributed by atoms with Crippen LogP contribution in [0.15, 0.2) is 69.2 Å². The number of aromatic nitrogens is 1. The van der Waals surface area contributed by atoms with Crippen LogP contribution in [0.25, 0.3) is 6.08 Å². The number of carbonyl (C=O) groups is 3. The van der Waals surface area contributed by atoms with Crippen LogP contribution < -0.4 is 5.32 Å². The lowest BCUT2D eigenvalue weighted by Gasteiger charge is -2.13. The molecule has 1 fully saturated rings. The molecule has 33 heavy (non-hydrogen) atoms. The van der Waals surface area contributed by atoms with Gasteiger partial charge in [-0.05, 0) is 48.2 Å². The number of thiazole rings is 1. The zero-order valence-electron chi connectivity index (χ0n) is 17.2. The predicted molar refractivity (Wildman–Crippen MR) is 130 cm³/mol. The van der Waals surface area contributed by atoms with Crippen molar-refractivity contribution in [3.63, 3.8) is 0 Å². The third-order valence-electron chi connectivity index (χ3n) is 4.67. The molecule has 1 aliphatic rings. The molecule has 1 saturated heterocycles. The molecular formula is C23H18FN3O3S3. The Kier molecular flexibility index (Phi) is 7.58. The largest absolute Gasteiger partial charge is 0.350 e. The molecule has 0 unspecified atom stereocenters. The molecule has 1 N–H and O–H groups in total. The summed E-state index contributed by atoms with van der Waals surface area (Å²) in [6.45, 7) is 0.150. The van der Waals surface area contributed by atoms with E-state index in [-0.39, 0.29) is 29.5 Å². The van der Waals surface area contributed by atoms with Crippen LogP contribution in [0.3, 0.4) is 0 Å². The van der Waals surface area contributed by atoms with Gasteiger partial charge in [-0.3, -0.25) is 19.3 Å². The zero-order chi connectivity index (χ0) is 23.2. The average molecular weight is 500 g/mol. The standard InChI is InChI=1S/C23H18FN3O3S3/c24-19-4-2-1-3-16(19)11-20-22(29)27(23(30)33-20)10-9-25-21(28)15-5-7-18(8-6-15)32-13-17-12-31-14-26-17/h1-8,11-12,14H,9-10,13H2,(H,25,28)/b20-11-. The monoisotopic (exact) mass is 499 g/mol. The number of carbonyl (C=O) groups excluding carboxylic acids is 3. The fourth-order valence-electron chi connectivity index (χ4n) is 2.98. The van der Waals surface area contributed by atoms with Gasteiger partial charge in [0.05, 0.1) is 16.1 Å². The first kappa shape index (κ1) is 23.2. The van der Waals surface area contributed by atoms with E-state index in [2.05, 4.69) is 10.3 Å². The van der Waals surface area contributed by atoms with Crippen LogP contribution >= 0.6 is 34.9 Å². The molecule has 1 aromatic heterocycles. The number of benzene rings is 2. The number of halogens is 1. The van der Waals surface area contributed by atoms with Crippen molar-refractivity contribution in [3.8, 4) is 0 Å². The number of amides is 3. The summed E-state index contributed by atoms with van der Waals surface area (Å²) in [7, 11) is 0. The van der Waals surface area contributed by atoms with Gasteiger partial charge in [0.25, 0.3) is 17.1 Å². The molecular weight excluding hydrogens is 481 g/mol. The van der Waals surface area contributed by atoms with Crippen molar-refractivity contribution in [2.45, 2.75) is 10.6 Å². The van der Waals surface area contributed by atoms with Crippen LogP contribution in [0.1, 0.15) is 21.6 Å². The molecule has 2 aromatic carbocycles. The highest BCUT2D eigenvalue weighted by atomic mass is 32.2. The third-order valence-corrected chi connectivity index (χ3v) is 7.26. The molecule has 0 aliphatic carbocycles. The Bertz CT molecular complexity index is 1200. The van der Waals surface area contributed by atoms with Gasteiger partial charge in [-0.2, -0.15) is 0 Å². The highest BCUT2D eigenvalue weighted by Gasteiger charge is 2.34. The van der Waals surface area contributed by atoms with Crippen LogP contribution in [-0.2, 0) is 10.5 Å². The van der Waals surface area contributed by atoms with Gasteiger partial charge >= 0.3 is 0 Å². The summed E-state index contributed by atoms with van der Waals surface area (Å²) in [6, 6.07) is 13.2. The maximum Gasteiger partial charge on any atom is 0.293 e. The summed E-state index contributed by atoms with van der Waals surface area (Å²) >= 11 is 3.95. The van der Waals surface area contributed by atoms with Crippen LogP contribution in [0.2, 0.25) is 0 Å². The molecule has 1 aliphatic heterocycles. The van der Waals surface area contributed by atoms with E-state index in [0.29, 0.717) is 5.56 Å². The Hall–Kier alpha value is -2.95. The fraction of sp³-hybridized carbons (Fsp3) is 0.130. The van der Waals surface area contributed by atoms with Gasteiger partial charge in [0.2, 0.25) is 0 Å². The number of nitrogens with one attached hydrogen (secondary N) is 1.